The van der Waals surface area contributed by atoms with Crippen molar-refractivity contribution in [2.75, 3.05) is 0 Å². The van der Waals surface area contributed by atoms with Crippen LogP contribution >= 0.6 is 0 Å². The number of nitriles is 2. The lowest BCUT2D eigenvalue weighted by Gasteiger charge is -2.23. The predicted octanol–water partition coefficient (Wildman–Crippen LogP) is 12.4. The Hall–Kier alpha value is -7.86. The topological polar surface area (TPSA) is 62.4 Å². The summed E-state index contributed by atoms with van der Waals surface area (Å²) in [6, 6.07) is 66.1. The molecule has 0 aliphatic heterocycles. The molecule has 0 amide bonds. The van der Waals surface area contributed by atoms with E-state index < -0.39 is 0 Å². The van der Waals surface area contributed by atoms with Gasteiger partial charge in [0.25, 0.3) is 0 Å². The normalized spacial score (nSPS) is 11.6. The molecule has 0 radical (unpaired) electrons. The molecule has 8 aromatic carbocycles. The number of hydrogen-bond acceptors (Lipinski definition) is 2. The fourth-order valence-corrected chi connectivity index (χ4v) is 8.83. The van der Waals surface area contributed by atoms with Gasteiger partial charge in [0.15, 0.2) is 0 Å². The molecule has 0 saturated carbocycles. The molecule has 3 heterocycles. The van der Waals surface area contributed by atoms with Crippen molar-refractivity contribution < 1.29 is 0 Å². The third kappa shape index (κ3) is 4.39. The van der Waals surface area contributed by atoms with E-state index in [9.17, 15) is 10.5 Å². The van der Waals surface area contributed by atoms with Crippen LogP contribution in [0.1, 0.15) is 11.1 Å². The minimum atomic E-state index is 0.439. The van der Waals surface area contributed by atoms with E-state index in [0.29, 0.717) is 11.1 Å². The van der Waals surface area contributed by atoms with Crippen molar-refractivity contribution in [3.8, 4) is 40.3 Å². The summed E-state index contributed by atoms with van der Waals surface area (Å²) in [5.74, 6) is 0. The van der Waals surface area contributed by atoms with Crippen LogP contribution < -0.4 is 0 Å². The summed E-state index contributed by atoms with van der Waals surface area (Å²) in [4.78, 5) is 0. The van der Waals surface area contributed by atoms with Crippen LogP contribution in [0.25, 0.3) is 93.6 Å². The molecule has 0 atom stereocenters. The number of para-hydroxylation sites is 6. The molecule has 254 valence electrons. The SMILES string of the molecule is N#Cc1ccc(-c2cc(-n3c4ccccc4c4ccccc43)cc(-n3c4ccccc4c4ccccc43)c2-n2c3ccccc3c3ccccc32)c(C#N)c1. The van der Waals surface area contributed by atoms with Crippen molar-refractivity contribution in [2.24, 2.45) is 0 Å². The maximum atomic E-state index is 10.8. The summed E-state index contributed by atoms with van der Waals surface area (Å²) in [7, 11) is 0. The van der Waals surface area contributed by atoms with Crippen LogP contribution in [-0.2, 0) is 0 Å². The van der Waals surface area contributed by atoms with Crippen molar-refractivity contribution >= 4 is 65.4 Å². The van der Waals surface area contributed by atoms with Gasteiger partial charge in [-0.25, -0.2) is 0 Å². The van der Waals surface area contributed by atoms with E-state index in [2.05, 4.69) is 184 Å². The van der Waals surface area contributed by atoms with Crippen molar-refractivity contribution in [2.45, 2.75) is 0 Å². The highest BCUT2D eigenvalue weighted by molar-refractivity contribution is 6.13. The highest BCUT2D eigenvalue weighted by Gasteiger charge is 2.26. The molecule has 11 aromatic rings. The maximum absolute atomic E-state index is 10.8. The van der Waals surface area contributed by atoms with Gasteiger partial charge in [-0.2, -0.15) is 10.5 Å². The number of nitrogens with zero attached hydrogens (tertiary/aromatic N) is 5. The van der Waals surface area contributed by atoms with Gasteiger partial charge >= 0.3 is 0 Å². The molecule has 0 bridgehead atoms. The summed E-state index contributed by atoms with van der Waals surface area (Å²) >= 11 is 0. The molecule has 3 aromatic heterocycles. The number of aromatic nitrogens is 3. The monoisotopic (exact) mass is 699 g/mol. The molecule has 0 fully saturated rings. The quantitative estimate of drug-likeness (QED) is 0.184. The van der Waals surface area contributed by atoms with E-state index in [4.69, 9.17) is 0 Å². The van der Waals surface area contributed by atoms with Crippen molar-refractivity contribution in [3.05, 3.63) is 187 Å². The van der Waals surface area contributed by atoms with Crippen LogP contribution in [-0.4, -0.2) is 13.7 Å². The second-order valence-electron chi connectivity index (χ2n) is 14.0. The summed E-state index contributed by atoms with van der Waals surface area (Å²) in [6.45, 7) is 0. The third-order valence-corrected chi connectivity index (χ3v) is 11.1. The number of benzene rings is 8. The molecule has 0 saturated heterocycles. The van der Waals surface area contributed by atoms with E-state index in [1.54, 1.807) is 6.07 Å². The van der Waals surface area contributed by atoms with Gasteiger partial charge < -0.3 is 13.7 Å². The standard InChI is InChI=1S/C50H29N5/c51-30-32-25-26-35(33(27-32)31-52)42-28-34(53-43-19-7-1-13-36(43)37-14-2-8-20-44(37)53)29-49(54-45-21-9-3-15-38(45)39-16-4-10-22-46(39)54)50(42)55-47-23-11-5-17-40(47)41-18-6-12-24-48(41)55/h1-29H. The Balaban J connectivity index is 1.42. The van der Waals surface area contributed by atoms with Gasteiger partial charge in [0, 0.05) is 49.1 Å². The molecule has 55 heavy (non-hydrogen) atoms. The Morgan fingerprint density at radius 2 is 0.745 bits per heavy atom. The minimum Gasteiger partial charge on any atom is -0.309 e. The van der Waals surface area contributed by atoms with Gasteiger partial charge in [-0.1, -0.05) is 115 Å². The molecule has 0 aliphatic rings. The van der Waals surface area contributed by atoms with Gasteiger partial charge in [-0.15, -0.1) is 0 Å². The van der Waals surface area contributed by atoms with Gasteiger partial charge in [-0.05, 0) is 60.7 Å². The van der Waals surface area contributed by atoms with Gasteiger partial charge in [0.2, 0.25) is 0 Å². The van der Waals surface area contributed by atoms with Crippen molar-refractivity contribution in [1.82, 2.24) is 13.7 Å². The van der Waals surface area contributed by atoms with E-state index >= 15 is 0 Å². The first-order valence-corrected chi connectivity index (χ1v) is 18.3. The van der Waals surface area contributed by atoms with Crippen LogP contribution in [0.2, 0.25) is 0 Å². The molecule has 11 rings (SSSR count). The Bertz CT molecular complexity index is 3310. The van der Waals surface area contributed by atoms with E-state index in [1.807, 2.05) is 12.1 Å². The largest absolute Gasteiger partial charge is 0.309 e. The zero-order valence-corrected chi connectivity index (χ0v) is 29.5. The second-order valence-corrected chi connectivity index (χ2v) is 14.0. The van der Waals surface area contributed by atoms with Gasteiger partial charge in [-0.3, -0.25) is 0 Å². The fraction of sp³-hybridized carbons (Fsp3) is 0. The lowest BCUT2D eigenvalue weighted by molar-refractivity contribution is 1.08. The highest BCUT2D eigenvalue weighted by Crippen LogP contribution is 2.45. The Kier molecular flexibility index (Phi) is 6.61. The minimum absolute atomic E-state index is 0.439. The molecule has 0 spiro atoms. The first-order valence-electron chi connectivity index (χ1n) is 18.3. The summed E-state index contributed by atoms with van der Waals surface area (Å²) in [5, 5.41) is 27.6. The van der Waals surface area contributed by atoms with E-state index in [1.165, 1.54) is 10.8 Å². The third-order valence-electron chi connectivity index (χ3n) is 11.1. The van der Waals surface area contributed by atoms with Crippen molar-refractivity contribution in [3.63, 3.8) is 0 Å². The lowest BCUT2D eigenvalue weighted by atomic mass is 9.95. The molecule has 0 aliphatic carbocycles. The predicted molar refractivity (Wildman–Crippen MR) is 224 cm³/mol. The van der Waals surface area contributed by atoms with Crippen LogP contribution in [0, 0.1) is 22.7 Å². The zero-order chi connectivity index (χ0) is 36.6. The van der Waals surface area contributed by atoms with Crippen molar-refractivity contribution in [1.29, 1.82) is 10.5 Å². The average Bonchev–Trinajstić information content (AvgIpc) is 3.89. The van der Waals surface area contributed by atoms with Crippen LogP contribution in [0.3, 0.4) is 0 Å². The highest BCUT2D eigenvalue weighted by atomic mass is 15.1. The van der Waals surface area contributed by atoms with Crippen LogP contribution in [0.5, 0.6) is 0 Å². The summed E-state index contributed by atoms with van der Waals surface area (Å²) in [5.41, 5.74) is 11.8. The fourth-order valence-electron chi connectivity index (χ4n) is 8.83. The second kappa shape index (κ2) is 11.8. The molecular formula is C50H29N5. The van der Waals surface area contributed by atoms with Gasteiger partial charge in [0.1, 0.15) is 0 Å². The van der Waals surface area contributed by atoms with Gasteiger partial charge in [0.05, 0.1) is 67.7 Å². The molecular weight excluding hydrogens is 671 g/mol. The Labute approximate surface area is 316 Å². The molecule has 0 unspecified atom stereocenters. The maximum Gasteiger partial charge on any atom is 0.0998 e. The molecule has 0 N–H and O–H groups in total. The molecule has 5 heteroatoms. The first kappa shape index (κ1) is 30.7. The summed E-state index contributed by atoms with van der Waals surface area (Å²) < 4.78 is 7.10. The first-order chi connectivity index (χ1) is 27.2. The van der Waals surface area contributed by atoms with E-state index in [0.717, 1.165) is 82.8 Å². The number of hydrogen-bond donors (Lipinski definition) is 0. The molecule has 5 nitrogen and oxygen atoms in total. The summed E-state index contributed by atoms with van der Waals surface area (Å²) in [6.07, 6.45) is 0. The van der Waals surface area contributed by atoms with Crippen LogP contribution in [0.4, 0.5) is 0 Å². The smallest absolute Gasteiger partial charge is 0.0998 e. The average molecular weight is 700 g/mol. The zero-order valence-electron chi connectivity index (χ0n) is 29.5. The Morgan fingerprint density at radius 1 is 0.345 bits per heavy atom. The Morgan fingerprint density at radius 3 is 1.16 bits per heavy atom. The number of fused-ring (bicyclic) bond motifs is 9. The van der Waals surface area contributed by atoms with Crippen LogP contribution in [0.15, 0.2) is 176 Å². The van der Waals surface area contributed by atoms with E-state index in [-0.39, 0.29) is 0 Å². The number of rotatable bonds is 4. The lowest BCUT2D eigenvalue weighted by Crippen LogP contribution is -2.08.